The van der Waals surface area contributed by atoms with Crippen LogP contribution in [0.15, 0.2) is 69.6 Å². The molecule has 36 heavy (non-hydrogen) atoms. The Balaban J connectivity index is 1.15. The van der Waals surface area contributed by atoms with E-state index in [1.54, 1.807) is 19.1 Å². The fraction of sp³-hybridized carbons (Fsp3) is 0.407. The highest BCUT2D eigenvalue weighted by molar-refractivity contribution is 7.97. The summed E-state index contributed by atoms with van der Waals surface area (Å²) in [6.45, 7) is 5.38. The number of piperazine rings is 1. The molecule has 3 aliphatic heterocycles. The summed E-state index contributed by atoms with van der Waals surface area (Å²) in [6, 6.07) is 6.24. The summed E-state index contributed by atoms with van der Waals surface area (Å²) in [6.07, 6.45) is 13.8. The van der Waals surface area contributed by atoms with Crippen molar-refractivity contribution in [1.82, 2.24) is 14.5 Å². The molecule has 4 aliphatic rings. The van der Waals surface area contributed by atoms with Gasteiger partial charge in [0.05, 0.1) is 29.8 Å². The molecule has 7 nitrogen and oxygen atoms in total. The van der Waals surface area contributed by atoms with E-state index in [9.17, 15) is 4.79 Å². The van der Waals surface area contributed by atoms with Crippen molar-refractivity contribution in [3.63, 3.8) is 0 Å². The standard InChI is InChI=1S/C27H32ClN5O2S/c1-35-24-16-20(7-8-23(24)31-36-25-6-2-4-19-5-3-10-30-26(19)25)27(34)33-14-12-32(13-15-33)18-21-9-11-29-17-22(21)28/h2-9,11,16,22-24,30-31H,10,12-15,17-18H2,1H3/t22?,23?,24-/m0/s1. The van der Waals surface area contributed by atoms with Crippen LogP contribution in [0.3, 0.4) is 0 Å². The molecule has 3 heterocycles. The van der Waals surface area contributed by atoms with Gasteiger partial charge in [0.1, 0.15) is 0 Å². The molecule has 3 atom stereocenters. The summed E-state index contributed by atoms with van der Waals surface area (Å²) in [5, 5.41) is 3.42. The predicted octanol–water partition coefficient (Wildman–Crippen LogP) is 3.36. The number of carbonyl (C=O) groups excluding carboxylic acids is 1. The summed E-state index contributed by atoms with van der Waals surface area (Å²) in [5.74, 6) is 0.0615. The number of dihydropyridines is 1. The lowest BCUT2D eigenvalue weighted by molar-refractivity contribution is -0.128. The molecule has 0 saturated carbocycles. The van der Waals surface area contributed by atoms with Crippen LogP contribution >= 0.6 is 23.5 Å². The van der Waals surface area contributed by atoms with Crippen molar-refractivity contribution in [1.29, 1.82) is 0 Å². The first-order valence-corrected chi connectivity index (χ1v) is 13.6. The van der Waals surface area contributed by atoms with Crippen LogP contribution in [-0.2, 0) is 9.53 Å². The molecule has 0 bridgehead atoms. The Kier molecular flexibility index (Phi) is 8.29. The van der Waals surface area contributed by atoms with Crippen molar-refractivity contribution in [2.75, 3.05) is 58.2 Å². The second-order valence-corrected chi connectivity index (χ2v) is 10.6. The van der Waals surface area contributed by atoms with Crippen LogP contribution in [0.1, 0.15) is 5.56 Å². The fourth-order valence-corrected chi connectivity index (χ4v) is 5.92. The van der Waals surface area contributed by atoms with Crippen LogP contribution in [0.5, 0.6) is 0 Å². The van der Waals surface area contributed by atoms with Crippen LogP contribution in [-0.4, -0.2) is 92.4 Å². The number of rotatable bonds is 7. The van der Waals surface area contributed by atoms with Crippen molar-refractivity contribution < 1.29 is 9.53 Å². The maximum absolute atomic E-state index is 13.3. The molecule has 1 amide bonds. The van der Waals surface area contributed by atoms with Gasteiger partial charge in [0.15, 0.2) is 0 Å². The van der Waals surface area contributed by atoms with E-state index in [1.165, 1.54) is 11.1 Å². The Bertz CT molecular complexity index is 1120. The van der Waals surface area contributed by atoms with Gasteiger partial charge in [-0.25, -0.2) is 4.72 Å². The van der Waals surface area contributed by atoms with Crippen molar-refractivity contribution in [2.24, 2.45) is 4.99 Å². The number of para-hydroxylation sites is 1. The van der Waals surface area contributed by atoms with Crippen LogP contribution in [0.25, 0.3) is 6.08 Å². The first-order chi connectivity index (χ1) is 17.6. The molecular weight excluding hydrogens is 494 g/mol. The van der Waals surface area contributed by atoms with Crippen molar-refractivity contribution in [3.8, 4) is 0 Å². The first-order valence-electron chi connectivity index (χ1n) is 12.4. The predicted molar refractivity (Wildman–Crippen MR) is 149 cm³/mol. The number of benzene rings is 1. The lowest BCUT2D eigenvalue weighted by Crippen LogP contribution is -2.50. The van der Waals surface area contributed by atoms with Crippen LogP contribution in [0.2, 0.25) is 0 Å². The highest BCUT2D eigenvalue weighted by atomic mass is 35.5. The average molecular weight is 526 g/mol. The summed E-state index contributed by atoms with van der Waals surface area (Å²) in [7, 11) is 1.69. The number of ether oxygens (including phenoxy) is 1. The maximum atomic E-state index is 13.3. The number of hydrogen-bond acceptors (Lipinski definition) is 7. The number of allylic oxidation sites excluding steroid dienone is 1. The Morgan fingerprint density at radius 2 is 2.14 bits per heavy atom. The molecule has 9 heteroatoms. The Hall–Kier alpha value is -2.36. The second kappa shape index (κ2) is 11.8. The molecule has 2 unspecified atom stereocenters. The topological polar surface area (TPSA) is 69.2 Å². The summed E-state index contributed by atoms with van der Waals surface area (Å²) in [4.78, 5) is 22.9. The zero-order chi connectivity index (χ0) is 24.9. The minimum absolute atomic E-state index is 0.0294. The summed E-state index contributed by atoms with van der Waals surface area (Å²) >= 11 is 7.98. The minimum Gasteiger partial charge on any atom is -0.380 e. The highest BCUT2D eigenvalue weighted by Gasteiger charge is 2.28. The zero-order valence-corrected chi connectivity index (χ0v) is 22.0. The number of nitrogens with zero attached hydrogens (tertiary/aromatic N) is 3. The number of nitrogens with one attached hydrogen (secondary N) is 2. The van der Waals surface area contributed by atoms with Gasteiger partial charge in [0, 0.05) is 63.1 Å². The molecule has 5 rings (SSSR count). The molecule has 1 aliphatic carbocycles. The fourth-order valence-electron chi connectivity index (χ4n) is 4.78. The Morgan fingerprint density at radius 3 is 2.94 bits per heavy atom. The number of hydrogen-bond donors (Lipinski definition) is 2. The van der Waals surface area contributed by atoms with Gasteiger partial charge in [-0.05, 0) is 41.3 Å². The van der Waals surface area contributed by atoms with Crippen LogP contribution in [0.4, 0.5) is 5.69 Å². The first kappa shape index (κ1) is 25.3. The van der Waals surface area contributed by atoms with Gasteiger partial charge in [0.25, 0.3) is 5.91 Å². The number of carbonyl (C=O) groups is 1. The smallest absolute Gasteiger partial charge is 0.253 e. The van der Waals surface area contributed by atoms with Crippen molar-refractivity contribution in [3.05, 3.63) is 65.3 Å². The normalized spacial score (nSPS) is 25.7. The van der Waals surface area contributed by atoms with E-state index in [4.69, 9.17) is 16.3 Å². The highest BCUT2D eigenvalue weighted by Crippen LogP contribution is 2.32. The van der Waals surface area contributed by atoms with E-state index >= 15 is 0 Å². The third-order valence-corrected chi connectivity index (χ3v) is 8.25. The largest absolute Gasteiger partial charge is 0.380 e. The number of alkyl halides is 1. The van der Waals surface area contributed by atoms with Crippen molar-refractivity contribution >= 4 is 47.4 Å². The average Bonchev–Trinajstić information content (AvgIpc) is 2.93. The molecule has 0 aromatic heterocycles. The van der Waals surface area contributed by atoms with Gasteiger partial charge in [-0.2, -0.15) is 0 Å². The Labute approximate surface area is 222 Å². The van der Waals surface area contributed by atoms with E-state index in [0.717, 1.165) is 36.8 Å². The van der Waals surface area contributed by atoms with Gasteiger partial charge in [0.2, 0.25) is 0 Å². The Morgan fingerprint density at radius 1 is 1.28 bits per heavy atom. The molecule has 1 fully saturated rings. The van der Waals surface area contributed by atoms with Gasteiger partial charge in [-0.1, -0.05) is 36.4 Å². The van der Waals surface area contributed by atoms with Crippen LogP contribution in [0, 0.1) is 0 Å². The molecule has 190 valence electrons. The molecule has 0 spiro atoms. The van der Waals surface area contributed by atoms with E-state index in [-0.39, 0.29) is 23.4 Å². The monoisotopic (exact) mass is 525 g/mol. The quantitative estimate of drug-likeness (QED) is 0.420. The van der Waals surface area contributed by atoms with Gasteiger partial charge in [-0.3, -0.25) is 14.7 Å². The molecule has 0 radical (unpaired) electrons. The minimum atomic E-state index is -0.226. The SMILES string of the molecule is CO[C@H]1C=C(C(=O)N2CCN(CC3=CC=NCC3Cl)CC2)C=CC1NSc1cccc2c1NCC=C2. The van der Waals surface area contributed by atoms with Crippen molar-refractivity contribution in [2.45, 2.75) is 22.4 Å². The number of methoxy groups -OCH3 is 1. The van der Waals surface area contributed by atoms with E-state index in [0.29, 0.717) is 25.2 Å². The second-order valence-electron chi connectivity index (χ2n) is 9.22. The lowest BCUT2D eigenvalue weighted by Gasteiger charge is -2.36. The van der Waals surface area contributed by atoms with Gasteiger partial charge >= 0.3 is 0 Å². The van der Waals surface area contributed by atoms with Crippen LogP contribution < -0.4 is 10.0 Å². The number of anilines is 1. The number of aliphatic imine (C=N–C) groups is 1. The lowest BCUT2D eigenvalue weighted by atomic mass is 9.99. The van der Waals surface area contributed by atoms with E-state index in [1.807, 2.05) is 35.4 Å². The third-order valence-electron chi connectivity index (χ3n) is 6.89. The maximum Gasteiger partial charge on any atom is 0.253 e. The molecule has 1 aromatic carbocycles. The molecule has 1 saturated heterocycles. The number of halogens is 1. The molecular formula is C27H32ClN5O2S. The molecule has 1 aromatic rings. The van der Waals surface area contributed by atoms with E-state index < -0.39 is 0 Å². The summed E-state index contributed by atoms with van der Waals surface area (Å²) in [5.41, 5.74) is 4.22. The third kappa shape index (κ3) is 5.79. The number of amides is 1. The van der Waals surface area contributed by atoms with Gasteiger partial charge in [-0.15, -0.1) is 11.6 Å². The number of fused-ring (bicyclic) bond motifs is 1. The summed E-state index contributed by atoms with van der Waals surface area (Å²) < 4.78 is 9.26. The van der Waals surface area contributed by atoms with E-state index in [2.05, 4.69) is 50.3 Å². The zero-order valence-electron chi connectivity index (χ0n) is 20.4. The molecule has 2 N–H and O–H groups in total. The van der Waals surface area contributed by atoms with Gasteiger partial charge < -0.3 is 15.0 Å².